The van der Waals surface area contributed by atoms with Gasteiger partial charge in [-0.2, -0.15) is 8.42 Å². The molecule has 0 bridgehead atoms. The van der Waals surface area contributed by atoms with Gasteiger partial charge in [-0.3, -0.25) is 0 Å². The Balaban J connectivity index is 3.11. The number of hydrogen-bond acceptors (Lipinski definition) is 5. The van der Waals surface area contributed by atoms with Gasteiger partial charge in [0.1, 0.15) is 0 Å². The van der Waals surface area contributed by atoms with Gasteiger partial charge < -0.3 is 0 Å². The lowest BCUT2D eigenvalue weighted by molar-refractivity contribution is 0.477. The van der Waals surface area contributed by atoms with Crippen LogP contribution in [0.1, 0.15) is 0 Å². The van der Waals surface area contributed by atoms with E-state index in [9.17, 15) is 16.8 Å². The highest BCUT2D eigenvalue weighted by atomic mass is 127. The van der Waals surface area contributed by atoms with Crippen molar-refractivity contribution < 1.29 is 20.5 Å². The first kappa shape index (κ1) is 11.9. The Labute approximate surface area is 96.5 Å². The second-order valence-electron chi connectivity index (χ2n) is 2.21. The molecule has 0 fully saturated rings. The lowest BCUT2D eigenvalue weighted by Gasteiger charge is -1.99. The van der Waals surface area contributed by atoms with Gasteiger partial charge in [0.2, 0.25) is 0 Å². The van der Waals surface area contributed by atoms with E-state index >= 15 is 0 Å². The molecule has 0 unspecified atom stereocenters. The van der Waals surface area contributed by atoms with Crippen LogP contribution in [0.4, 0.5) is 0 Å². The summed E-state index contributed by atoms with van der Waals surface area (Å²) in [5, 5.41) is 0. The molecule has 0 heterocycles. The van der Waals surface area contributed by atoms with Crippen molar-refractivity contribution >= 4 is 43.7 Å². The van der Waals surface area contributed by atoms with Crippen molar-refractivity contribution in [2.45, 2.75) is 4.90 Å². The van der Waals surface area contributed by atoms with E-state index in [1.54, 1.807) is 0 Å². The van der Waals surface area contributed by atoms with E-state index in [0.29, 0.717) is 0 Å². The quantitative estimate of drug-likeness (QED) is 0.637. The Bertz CT molecular complexity index is 479. The highest BCUT2D eigenvalue weighted by molar-refractivity contribution is 14.1. The zero-order valence-corrected chi connectivity index (χ0v) is 10.5. The van der Waals surface area contributed by atoms with E-state index in [1.165, 1.54) is 24.3 Å². The summed E-state index contributed by atoms with van der Waals surface area (Å²) >= 11 is 2.00. The molecule has 0 atom stereocenters. The Morgan fingerprint density at radius 1 is 1.14 bits per heavy atom. The van der Waals surface area contributed by atoms with Gasteiger partial charge in [0, 0.05) is 3.57 Å². The van der Waals surface area contributed by atoms with Gasteiger partial charge in [0.05, 0.1) is 4.90 Å². The molecule has 0 aliphatic heterocycles. The monoisotopic (exact) mass is 348 g/mol. The van der Waals surface area contributed by atoms with Crippen molar-refractivity contribution in [2.75, 3.05) is 0 Å². The maximum atomic E-state index is 11.1. The fraction of sp³-hybridized carbons (Fsp3) is 0. The van der Waals surface area contributed by atoms with Crippen LogP contribution in [0.5, 0.6) is 0 Å². The fourth-order valence-electron chi connectivity index (χ4n) is 0.724. The van der Waals surface area contributed by atoms with Crippen LogP contribution >= 0.6 is 22.6 Å². The predicted octanol–water partition coefficient (Wildman–Crippen LogP) is 0.523. The first-order valence-electron chi connectivity index (χ1n) is 3.26. The van der Waals surface area contributed by atoms with Gasteiger partial charge in [-0.05, 0) is 46.9 Å². The molecule has 78 valence electrons. The molecule has 0 spiro atoms. The molecular weight excluding hydrogens is 343 g/mol. The van der Waals surface area contributed by atoms with Crippen LogP contribution in [0, 0.1) is 3.57 Å². The standard InChI is InChI=1S/C6H5IO5S2/c7-5-1-3-6(4-2-5)14(10,11)12-13(8)9/h1-4,13H. The topological polar surface area (TPSA) is 77.5 Å². The molecule has 0 aliphatic carbocycles. The Kier molecular flexibility index (Phi) is 3.86. The minimum atomic E-state index is -4.18. The molecule has 14 heavy (non-hydrogen) atoms. The number of thiol groups is 1. The number of benzene rings is 1. The van der Waals surface area contributed by atoms with Crippen molar-refractivity contribution in [2.24, 2.45) is 0 Å². The minimum Gasteiger partial charge on any atom is -0.201 e. The molecule has 1 rings (SSSR count). The fourth-order valence-corrected chi connectivity index (χ4v) is 2.54. The first-order chi connectivity index (χ1) is 6.42. The first-order valence-corrected chi connectivity index (χ1v) is 6.84. The van der Waals surface area contributed by atoms with Crippen molar-refractivity contribution in [3.05, 3.63) is 27.8 Å². The summed E-state index contributed by atoms with van der Waals surface area (Å²) in [5.41, 5.74) is 0. The zero-order chi connectivity index (χ0) is 10.8. The van der Waals surface area contributed by atoms with E-state index in [0.717, 1.165) is 3.57 Å². The number of rotatable bonds is 3. The van der Waals surface area contributed by atoms with Gasteiger partial charge in [0.15, 0.2) is 0 Å². The summed E-state index contributed by atoms with van der Waals surface area (Å²) in [7, 11) is -7.59. The summed E-state index contributed by atoms with van der Waals surface area (Å²) in [4.78, 5) is -0.183. The highest BCUT2D eigenvalue weighted by Gasteiger charge is 2.15. The molecule has 0 aliphatic rings. The van der Waals surface area contributed by atoms with Gasteiger partial charge in [-0.1, -0.05) is 0 Å². The molecule has 0 saturated carbocycles. The Morgan fingerprint density at radius 2 is 1.64 bits per heavy atom. The van der Waals surface area contributed by atoms with Gasteiger partial charge >= 0.3 is 10.1 Å². The largest absolute Gasteiger partial charge is 0.311 e. The minimum absolute atomic E-state index is 0.183. The average molecular weight is 348 g/mol. The lowest BCUT2D eigenvalue weighted by atomic mass is 10.4. The maximum absolute atomic E-state index is 11.1. The van der Waals surface area contributed by atoms with Crippen LogP contribution < -0.4 is 0 Å². The zero-order valence-electron chi connectivity index (χ0n) is 6.58. The molecule has 1 aromatic carbocycles. The van der Waals surface area contributed by atoms with E-state index in [2.05, 4.69) is 3.63 Å². The second kappa shape index (κ2) is 4.55. The summed E-state index contributed by atoms with van der Waals surface area (Å²) in [6.07, 6.45) is 0. The maximum Gasteiger partial charge on any atom is 0.311 e. The van der Waals surface area contributed by atoms with Crippen molar-refractivity contribution in [3.63, 3.8) is 0 Å². The normalized spacial score (nSPS) is 11.9. The molecule has 8 heteroatoms. The predicted molar refractivity (Wildman–Crippen MR) is 57.7 cm³/mol. The van der Waals surface area contributed by atoms with Gasteiger partial charge in [-0.25, -0.2) is 8.42 Å². The number of halogens is 1. The summed E-state index contributed by atoms with van der Waals surface area (Å²) in [5.74, 6) is 0. The third kappa shape index (κ3) is 3.19. The number of hydrogen-bond donors (Lipinski definition) is 1. The van der Waals surface area contributed by atoms with Crippen LogP contribution in [0.3, 0.4) is 0 Å². The van der Waals surface area contributed by atoms with Crippen molar-refractivity contribution in [1.82, 2.24) is 0 Å². The van der Waals surface area contributed by atoms with Crippen molar-refractivity contribution in [3.8, 4) is 0 Å². The summed E-state index contributed by atoms with van der Waals surface area (Å²) in [6.45, 7) is 0. The molecule has 1 aromatic rings. The van der Waals surface area contributed by atoms with E-state index < -0.39 is 21.1 Å². The molecular formula is C6H5IO5S2. The van der Waals surface area contributed by atoms with Gasteiger partial charge in [0.25, 0.3) is 11.0 Å². The third-order valence-corrected chi connectivity index (χ3v) is 4.10. The van der Waals surface area contributed by atoms with Crippen LogP contribution in [0.15, 0.2) is 29.2 Å². The van der Waals surface area contributed by atoms with E-state index in [1.807, 2.05) is 22.6 Å². The molecule has 0 radical (unpaired) electrons. The van der Waals surface area contributed by atoms with Crippen LogP contribution in [-0.4, -0.2) is 16.8 Å². The molecule has 5 nitrogen and oxygen atoms in total. The van der Waals surface area contributed by atoms with Crippen LogP contribution in [-0.2, 0) is 24.7 Å². The van der Waals surface area contributed by atoms with Gasteiger partial charge in [-0.15, -0.1) is 3.63 Å². The SMILES string of the molecule is O=[SH](=O)OS(=O)(=O)c1ccc(I)cc1. The van der Waals surface area contributed by atoms with E-state index in [-0.39, 0.29) is 4.90 Å². The molecule has 0 aromatic heterocycles. The highest BCUT2D eigenvalue weighted by Crippen LogP contribution is 2.14. The van der Waals surface area contributed by atoms with Crippen molar-refractivity contribution in [1.29, 1.82) is 0 Å². The van der Waals surface area contributed by atoms with Crippen LogP contribution in [0.2, 0.25) is 0 Å². The molecule has 0 amide bonds. The average Bonchev–Trinajstić information content (AvgIpc) is 2.02. The van der Waals surface area contributed by atoms with Crippen LogP contribution in [0.25, 0.3) is 0 Å². The Hall–Kier alpha value is -0.190. The Morgan fingerprint density at radius 3 is 2.07 bits per heavy atom. The molecule has 0 N–H and O–H groups in total. The van der Waals surface area contributed by atoms with E-state index in [4.69, 9.17) is 0 Å². The summed E-state index contributed by atoms with van der Waals surface area (Å²) < 4.78 is 47.1. The second-order valence-corrected chi connectivity index (χ2v) is 5.87. The molecule has 0 saturated heterocycles. The summed E-state index contributed by atoms with van der Waals surface area (Å²) in [6, 6.07) is 5.62. The lowest BCUT2D eigenvalue weighted by Crippen LogP contribution is -2.04. The smallest absolute Gasteiger partial charge is 0.201 e. The third-order valence-electron chi connectivity index (χ3n) is 1.26.